The minimum absolute atomic E-state index is 0.385. The van der Waals surface area contributed by atoms with Gasteiger partial charge in [-0.2, -0.15) is 0 Å². The molecule has 2 aliphatic carbocycles. The van der Waals surface area contributed by atoms with Gasteiger partial charge in [-0.15, -0.1) is 0 Å². The molecule has 3 unspecified atom stereocenters. The Labute approximate surface area is 81.0 Å². The van der Waals surface area contributed by atoms with Crippen LogP contribution in [-0.4, -0.2) is 0 Å². The third-order valence-corrected chi connectivity index (χ3v) is 3.87. The summed E-state index contributed by atoms with van der Waals surface area (Å²) >= 11 is 0. The lowest BCUT2D eigenvalue weighted by atomic mass is 9.67. The summed E-state index contributed by atoms with van der Waals surface area (Å²) in [5.74, 6) is 1.54. The molecule has 3 atom stereocenters. The van der Waals surface area contributed by atoms with Crippen LogP contribution in [0.4, 0.5) is 0 Å². The van der Waals surface area contributed by atoms with E-state index in [1.165, 1.54) is 18.4 Å². The normalized spacial score (nSPS) is 42.8. The molecule has 0 radical (unpaired) electrons. The van der Waals surface area contributed by atoms with Gasteiger partial charge in [-0.1, -0.05) is 44.7 Å². The number of rotatable bonds is 1. The average molecular weight is 174 g/mol. The molecule has 0 N–H and O–H groups in total. The van der Waals surface area contributed by atoms with Gasteiger partial charge in [0, 0.05) is 0 Å². The van der Waals surface area contributed by atoms with Gasteiger partial charge in [0.25, 0.3) is 0 Å². The first kappa shape index (κ1) is 8.80. The van der Waals surface area contributed by atoms with E-state index in [1.54, 1.807) is 0 Å². The lowest BCUT2D eigenvalue weighted by Crippen LogP contribution is -2.28. The van der Waals surface area contributed by atoms with E-state index in [0.29, 0.717) is 5.41 Å². The molecule has 0 saturated carbocycles. The Kier molecular flexibility index (Phi) is 1.94. The summed E-state index contributed by atoms with van der Waals surface area (Å²) in [5, 5.41) is 0. The Morgan fingerprint density at radius 2 is 2.31 bits per heavy atom. The lowest BCUT2D eigenvalue weighted by Gasteiger charge is -2.37. The smallest absolute Gasteiger partial charge is 0.000741 e. The second-order valence-corrected chi connectivity index (χ2v) is 4.62. The van der Waals surface area contributed by atoms with Crippen molar-refractivity contribution in [1.29, 1.82) is 0 Å². The van der Waals surface area contributed by atoms with E-state index < -0.39 is 0 Å². The van der Waals surface area contributed by atoms with Crippen molar-refractivity contribution in [2.75, 3.05) is 0 Å². The van der Waals surface area contributed by atoms with Crippen molar-refractivity contribution in [2.45, 2.75) is 26.7 Å². The van der Waals surface area contributed by atoms with Crippen LogP contribution in [0, 0.1) is 17.3 Å². The molecule has 0 heterocycles. The fourth-order valence-corrected chi connectivity index (χ4v) is 3.00. The molecule has 2 rings (SSSR count). The molecule has 0 fully saturated rings. The van der Waals surface area contributed by atoms with Crippen molar-refractivity contribution in [3.05, 3.63) is 36.5 Å². The van der Waals surface area contributed by atoms with Crippen molar-refractivity contribution < 1.29 is 0 Å². The monoisotopic (exact) mass is 174 g/mol. The SMILES string of the molecule is C=CC1=CC(C)C2CC=CCC12C. The van der Waals surface area contributed by atoms with Gasteiger partial charge in [-0.25, -0.2) is 0 Å². The minimum Gasteiger partial charge on any atom is -0.0988 e. The van der Waals surface area contributed by atoms with Gasteiger partial charge in [0.2, 0.25) is 0 Å². The Bertz CT molecular complexity index is 282. The first-order valence-electron chi connectivity index (χ1n) is 5.18. The van der Waals surface area contributed by atoms with E-state index in [2.05, 4.69) is 44.7 Å². The van der Waals surface area contributed by atoms with E-state index in [1.807, 2.05) is 0 Å². The summed E-state index contributed by atoms with van der Waals surface area (Å²) in [4.78, 5) is 0. The molecular weight excluding hydrogens is 156 g/mol. The molecule has 0 aromatic rings. The average Bonchev–Trinajstić information content (AvgIpc) is 2.38. The van der Waals surface area contributed by atoms with Crippen molar-refractivity contribution in [2.24, 2.45) is 17.3 Å². The van der Waals surface area contributed by atoms with Crippen molar-refractivity contribution >= 4 is 0 Å². The highest BCUT2D eigenvalue weighted by molar-refractivity contribution is 5.34. The number of fused-ring (bicyclic) bond motifs is 1. The molecule has 0 amide bonds. The van der Waals surface area contributed by atoms with Gasteiger partial charge in [0.15, 0.2) is 0 Å². The highest BCUT2D eigenvalue weighted by Gasteiger charge is 2.43. The Hall–Kier alpha value is -0.780. The Morgan fingerprint density at radius 3 is 3.00 bits per heavy atom. The van der Waals surface area contributed by atoms with Crippen molar-refractivity contribution in [1.82, 2.24) is 0 Å². The molecule has 0 aliphatic heterocycles. The summed E-state index contributed by atoms with van der Waals surface area (Å²) in [6.45, 7) is 8.64. The van der Waals surface area contributed by atoms with Gasteiger partial charge in [0.05, 0.1) is 0 Å². The number of hydrogen-bond acceptors (Lipinski definition) is 0. The van der Waals surface area contributed by atoms with Crippen LogP contribution in [0.3, 0.4) is 0 Å². The van der Waals surface area contributed by atoms with Crippen LogP contribution in [0.25, 0.3) is 0 Å². The zero-order valence-corrected chi connectivity index (χ0v) is 8.59. The van der Waals surface area contributed by atoms with Crippen LogP contribution in [0.5, 0.6) is 0 Å². The molecule has 0 bridgehead atoms. The van der Waals surface area contributed by atoms with E-state index in [0.717, 1.165) is 11.8 Å². The van der Waals surface area contributed by atoms with Crippen LogP contribution in [0.1, 0.15) is 26.7 Å². The topological polar surface area (TPSA) is 0 Å². The van der Waals surface area contributed by atoms with E-state index in [9.17, 15) is 0 Å². The van der Waals surface area contributed by atoms with Crippen molar-refractivity contribution in [3.63, 3.8) is 0 Å². The van der Waals surface area contributed by atoms with Crippen LogP contribution in [0.2, 0.25) is 0 Å². The second kappa shape index (κ2) is 2.87. The summed E-state index contributed by atoms with van der Waals surface area (Å²) < 4.78 is 0. The van der Waals surface area contributed by atoms with Gasteiger partial charge >= 0.3 is 0 Å². The predicted octanol–water partition coefficient (Wildman–Crippen LogP) is 3.72. The van der Waals surface area contributed by atoms with Gasteiger partial charge in [-0.05, 0) is 35.7 Å². The Balaban J connectivity index is 2.39. The molecular formula is C13H18. The van der Waals surface area contributed by atoms with Crippen molar-refractivity contribution in [3.8, 4) is 0 Å². The third-order valence-electron chi connectivity index (χ3n) is 3.87. The van der Waals surface area contributed by atoms with E-state index >= 15 is 0 Å². The summed E-state index contributed by atoms with van der Waals surface area (Å²) in [7, 11) is 0. The van der Waals surface area contributed by atoms with E-state index in [-0.39, 0.29) is 0 Å². The van der Waals surface area contributed by atoms with Crippen LogP contribution in [-0.2, 0) is 0 Å². The second-order valence-electron chi connectivity index (χ2n) is 4.62. The molecule has 2 aliphatic rings. The summed E-state index contributed by atoms with van der Waals surface area (Å²) in [6.07, 6.45) is 11.6. The quantitative estimate of drug-likeness (QED) is 0.531. The first-order chi connectivity index (χ1) is 6.18. The summed E-state index contributed by atoms with van der Waals surface area (Å²) in [6, 6.07) is 0. The summed E-state index contributed by atoms with van der Waals surface area (Å²) in [5.41, 5.74) is 1.85. The zero-order valence-electron chi connectivity index (χ0n) is 8.59. The first-order valence-corrected chi connectivity index (χ1v) is 5.18. The van der Waals surface area contributed by atoms with Gasteiger partial charge in [-0.3, -0.25) is 0 Å². The maximum absolute atomic E-state index is 3.92. The van der Waals surface area contributed by atoms with Crippen LogP contribution in [0.15, 0.2) is 36.5 Å². The number of hydrogen-bond donors (Lipinski definition) is 0. The molecule has 0 aromatic heterocycles. The highest BCUT2D eigenvalue weighted by Crippen LogP contribution is 2.53. The predicted molar refractivity (Wildman–Crippen MR) is 57.4 cm³/mol. The van der Waals surface area contributed by atoms with Crippen LogP contribution < -0.4 is 0 Å². The fraction of sp³-hybridized carbons (Fsp3) is 0.538. The van der Waals surface area contributed by atoms with Gasteiger partial charge in [0.1, 0.15) is 0 Å². The maximum atomic E-state index is 3.92. The largest absolute Gasteiger partial charge is 0.0988 e. The highest BCUT2D eigenvalue weighted by atomic mass is 14.5. The zero-order chi connectivity index (χ0) is 9.47. The lowest BCUT2D eigenvalue weighted by molar-refractivity contribution is 0.218. The maximum Gasteiger partial charge on any atom is -0.000741 e. The van der Waals surface area contributed by atoms with E-state index in [4.69, 9.17) is 0 Å². The molecule has 0 nitrogen and oxygen atoms in total. The molecule has 0 heteroatoms. The third kappa shape index (κ3) is 1.12. The number of allylic oxidation sites excluding steroid dienone is 5. The fourth-order valence-electron chi connectivity index (χ4n) is 3.00. The molecule has 0 aromatic carbocycles. The standard InChI is InChI=1S/C13H18/c1-4-11-9-10(2)12-7-5-6-8-13(11,12)3/h4-6,9-10,12H,1,7-8H2,2-3H3. The molecule has 0 spiro atoms. The van der Waals surface area contributed by atoms with Gasteiger partial charge < -0.3 is 0 Å². The van der Waals surface area contributed by atoms with Crippen LogP contribution >= 0.6 is 0 Å². The molecule has 70 valence electrons. The molecule has 0 saturated heterocycles. The minimum atomic E-state index is 0.385. The molecule has 13 heavy (non-hydrogen) atoms. The Morgan fingerprint density at radius 1 is 1.54 bits per heavy atom.